The molecule has 1 amide bonds. The van der Waals surface area contributed by atoms with Crippen LogP contribution in [0.3, 0.4) is 0 Å². The fourth-order valence-corrected chi connectivity index (χ4v) is 5.74. The van der Waals surface area contributed by atoms with Gasteiger partial charge in [0.2, 0.25) is 5.91 Å². The average molecular weight is 514 g/mol. The lowest BCUT2D eigenvalue weighted by Crippen LogP contribution is -2.52. The lowest BCUT2D eigenvalue weighted by Gasteiger charge is -2.39. The molecule has 1 N–H and O–H groups in total. The molecule has 1 fully saturated rings. The van der Waals surface area contributed by atoms with E-state index in [1.807, 2.05) is 43.0 Å². The van der Waals surface area contributed by atoms with Gasteiger partial charge in [-0.05, 0) is 63.3 Å². The maximum atomic E-state index is 13.9. The lowest BCUT2D eigenvalue weighted by atomic mass is 9.95. The molecule has 1 aromatic carbocycles. The molecule has 2 heterocycles. The van der Waals surface area contributed by atoms with E-state index in [1.54, 1.807) is 6.33 Å². The van der Waals surface area contributed by atoms with Gasteiger partial charge in [0.25, 0.3) is 0 Å². The van der Waals surface area contributed by atoms with Crippen LogP contribution in [-0.4, -0.2) is 82.2 Å². The van der Waals surface area contributed by atoms with Crippen molar-refractivity contribution < 1.29 is 9.90 Å². The molecule has 2 atom stereocenters. The second kappa shape index (κ2) is 11.4. The first kappa shape index (κ1) is 26.8. The molecule has 1 aromatic heterocycles. The largest absolute Gasteiger partial charge is 0.389 e. The molecule has 0 spiro atoms. The molecule has 1 aliphatic heterocycles. The van der Waals surface area contributed by atoms with E-state index in [0.717, 1.165) is 50.3 Å². The summed E-state index contributed by atoms with van der Waals surface area (Å²) in [5, 5.41) is 11.1. The summed E-state index contributed by atoms with van der Waals surface area (Å²) in [5.74, 6) is 1.34. The van der Waals surface area contributed by atoms with E-state index in [9.17, 15) is 9.90 Å². The summed E-state index contributed by atoms with van der Waals surface area (Å²) in [6.45, 7) is 12.8. The predicted octanol–water partition coefficient (Wildman–Crippen LogP) is 4.10. The third kappa shape index (κ3) is 6.36. The number of benzene rings is 1. The molecule has 2 aliphatic rings. The fraction of sp³-hybridized carbons (Fsp3) is 0.607. The van der Waals surface area contributed by atoms with Crippen LogP contribution in [0.4, 0.5) is 5.82 Å². The van der Waals surface area contributed by atoms with Gasteiger partial charge in [-0.3, -0.25) is 9.69 Å². The van der Waals surface area contributed by atoms with Crippen LogP contribution in [0, 0.1) is 0 Å². The number of aromatic nitrogens is 2. The number of fused-ring (bicyclic) bond motifs is 1. The molecule has 36 heavy (non-hydrogen) atoms. The highest BCUT2D eigenvalue weighted by Crippen LogP contribution is 2.37. The smallest absolute Gasteiger partial charge is 0.231 e. The van der Waals surface area contributed by atoms with E-state index in [0.29, 0.717) is 37.1 Å². The number of hydrogen-bond acceptors (Lipinski definition) is 6. The average Bonchev–Trinajstić information content (AvgIpc) is 3.23. The van der Waals surface area contributed by atoms with Crippen LogP contribution in [0.5, 0.6) is 0 Å². The van der Waals surface area contributed by atoms with E-state index in [4.69, 9.17) is 11.6 Å². The number of piperazine rings is 1. The Hall–Kier alpha value is -2.22. The van der Waals surface area contributed by atoms with Crippen molar-refractivity contribution in [2.75, 3.05) is 50.7 Å². The van der Waals surface area contributed by atoms with Gasteiger partial charge in [0.1, 0.15) is 12.1 Å². The van der Waals surface area contributed by atoms with Crippen molar-refractivity contribution in [3.8, 4) is 0 Å². The summed E-state index contributed by atoms with van der Waals surface area (Å²) in [6, 6.07) is 7.63. The third-order valence-corrected chi connectivity index (χ3v) is 7.56. The number of rotatable bonds is 9. The van der Waals surface area contributed by atoms with Crippen LogP contribution >= 0.6 is 11.6 Å². The van der Waals surface area contributed by atoms with Gasteiger partial charge in [-0.1, -0.05) is 37.6 Å². The number of aryl methyl sites for hydroxylation is 1. The second-order valence-electron chi connectivity index (χ2n) is 11.0. The van der Waals surface area contributed by atoms with E-state index in [1.165, 1.54) is 11.3 Å². The number of amides is 1. The highest BCUT2D eigenvalue weighted by atomic mass is 35.5. The lowest BCUT2D eigenvalue weighted by molar-refractivity contribution is -0.133. The van der Waals surface area contributed by atoms with Gasteiger partial charge in [-0.15, -0.1) is 0 Å². The van der Waals surface area contributed by atoms with Gasteiger partial charge < -0.3 is 14.9 Å². The van der Waals surface area contributed by atoms with Crippen molar-refractivity contribution >= 4 is 23.3 Å². The van der Waals surface area contributed by atoms with E-state index in [-0.39, 0.29) is 11.8 Å². The number of halogens is 1. The number of nitrogens with zero attached hydrogens (tertiary/aromatic N) is 5. The molecular weight excluding hydrogens is 474 g/mol. The summed E-state index contributed by atoms with van der Waals surface area (Å²) < 4.78 is 0. The highest BCUT2D eigenvalue weighted by molar-refractivity contribution is 6.30. The van der Waals surface area contributed by atoms with Crippen LogP contribution < -0.4 is 4.90 Å². The monoisotopic (exact) mass is 513 g/mol. The molecule has 0 unspecified atom stereocenters. The van der Waals surface area contributed by atoms with Crippen LogP contribution in [0.2, 0.25) is 5.02 Å². The standard InChI is InChI=1S/C28H40ClN5O2/c1-5-12-32(18-28(3,4)36)17-23(21-7-9-22(29)10-8-21)27(35)34-15-13-33(14-16-34)26-25-20(2)6-11-24(25)30-19-31-26/h7-10,19-20,23,36H,5-6,11-18H2,1-4H3/t20-,23-/m1/s1. The summed E-state index contributed by atoms with van der Waals surface area (Å²) in [6.07, 6.45) is 4.79. The number of aliphatic hydroxyl groups is 1. The molecule has 2 aromatic rings. The normalized spacial score (nSPS) is 19.0. The molecule has 0 saturated carbocycles. The third-order valence-electron chi connectivity index (χ3n) is 7.30. The van der Waals surface area contributed by atoms with Crippen molar-refractivity contribution in [2.45, 2.75) is 64.4 Å². The van der Waals surface area contributed by atoms with Crippen LogP contribution in [0.15, 0.2) is 30.6 Å². The Morgan fingerprint density at radius 1 is 1.19 bits per heavy atom. The predicted molar refractivity (Wildman–Crippen MR) is 145 cm³/mol. The van der Waals surface area contributed by atoms with Crippen LogP contribution in [-0.2, 0) is 11.2 Å². The van der Waals surface area contributed by atoms with Crippen molar-refractivity contribution in [2.24, 2.45) is 0 Å². The first-order chi connectivity index (χ1) is 17.2. The van der Waals surface area contributed by atoms with E-state index < -0.39 is 5.60 Å². The Bertz CT molecular complexity index is 1030. The van der Waals surface area contributed by atoms with Crippen LogP contribution in [0.25, 0.3) is 0 Å². The Kier molecular flexibility index (Phi) is 8.53. The van der Waals surface area contributed by atoms with Gasteiger partial charge in [0.15, 0.2) is 0 Å². The first-order valence-corrected chi connectivity index (χ1v) is 13.6. The van der Waals surface area contributed by atoms with Gasteiger partial charge in [-0.25, -0.2) is 9.97 Å². The Morgan fingerprint density at radius 2 is 1.89 bits per heavy atom. The van der Waals surface area contributed by atoms with E-state index >= 15 is 0 Å². The highest BCUT2D eigenvalue weighted by Gasteiger charge is 2.33. The molecule has 7 nitrogen and oxygen atoms in total. The first-order valence-electron chi connectivity index (χ1n) is 13.2. The van der Waals surface area contributed by atoms with E-state index in [2.05, 4.69) is 33.6 Å². The van der Waals surface area contributed by atoms with Gasteiger partial charge in [0, 0.05) is 55.5 Å². The topological polar surface area (TPSA) is 72.8 Å². The molecule has 8 heteroatoms. The van der Waals surface area contributed by atoms with Crippen molar-refractivity contribution in [1.29, 1.82) is 0 Å². The number of carbonyl (C=O) groups excluding carboxylic acids is 1. The zero-order chi connectivity index (χ0) is 25.9. The maximum Gasteiger partial charge on any atom is 0.231 e. The minimum absolute atomic E-state index is 0.134. The zero-order valence-corrected chi connectivity index (χ0v) is 22.8. The molecule has 4 rings (SSSR count). The Morgan fingerprint density at radius 3 is 2.53 bits per heavy atom. The Balaban J connectivity index is 1.50. The summed E-state index contributed by atoms with van der Waals surface area (Å²) >= 11 is 6.16. The van der Waals surface area contributed by atoms with Gasteiger partial charge in [-0.2, -0.15) is 0 Å². The Labute approximate surface area is 220 Å². The fourth-order valence-electron chi connectivity index (χ4n) is 5.61. The number of anilines is 1. The SMILES string of the molecule is CCCN(C[C@@H](C(=O)N1CCN(c2ncnc3c2[C@H](C)CC3)CC1)c1ccc(Cl)cc1)CC(C)(C)O. The van der Waals surface area contributed by atoms with Crippen LogP contribution in [0.1, 0.15) is 69.2 Å². The van der Waals surface area contributed by atoms with Gasteiger partial charge >= 0.3 is 0 Å². The van der Waals surface area contributed by atoms with Crippen molar-refractivity contribution in [3.63, 3.8) is 0 Å². The molecule has 0 radical (unpaired) electrons. The molecule has 1 aliphatic carbocycles. The van der Waals surface area contributed by atoms with Gasteiger partial charge in [0.05, 0.1) is 11.5 Å². The zero-order valence-electron chi connectivity index (χ0n) is 22.1. The minimum Gasteiger partial charge on any atom is -0.389 e. The van der Waals surface area contributed by atoms with Crippen molar-refractivity contribution in [1.82, 2.24) is 19.8 Å². The maximum absolute atomic E-state index is 13.9. The number of carbonyl (C=O) groups is 1. The second-order valence-corrected chi connectivity index (χ2v) is 11.4. The molecular formula is C28H40ClN5O2. The summed E-state index contributed by atoms with van der Waals surface area (Å²) in [5.41, 5.74) is 2.60. The molecule has 196 valence electrons. The summed E-state index contributed by atoms with van der Waals surface area (Å²) in [7, 11) is 0. The minimum atomic E-state index is -0.830. The number of hydrogen-bond donors (Lipinski definition) is 1. The molecule has 0 bridgehead atoms. The molecule has 1 saturated heterocycles. The summed E-state index contributed by atoms with van der Waals surface area (Å²) in [4.78, 5) is 29.6. The van der Waals surface area contributed by atoms with Crippen molar-refractivity contribution in [3.05, 3.63) is 52.4 Å². The quantitative estimate of drug-likeness (QED) is 0.544.